The van der Waals surface area contributed by atoms with Gasteiger partial charge in [-0.25, -0.2) is 23.0 Å². The summed E-state index contributed by atoms with van der Waals surface area (Å²) in [6, 6.07) is 1.29. The molecule has 3 heterocycles. The summed E-state index contributed by atoms with van der Waals surface area (Å²) in [7, 11) is 0.746. The zero-order valence-corrected chi connectivity index (χ0v) is 19.4. The van der Waals surface area contributed by atoms with Gasteiger partial charge in [-0.15, -0.1) is 0 Å². The minimum atomic E-state index is -3.71. The summed E-state index contributed by atoms with van der Waals surface area (Å²) in [5, 5.41) is 0. The Kier molecular flexibility index (Phi) is 6.41. The number of aryl methyl sites for hydroxylation is 2. The van der Waals surface area contributed by atoms with E-state index in [1.54, 1.807) is 20.9 Å². The summed E-state index contributed by atoms with van der Waals surface area (Å²) >= 11 is 0. The van der Waals surface area contributed by atoms with Gasteiger partial charge in [0.25, 0.3) is 5.56 Å². The lowest BCUT2D eigenvalue weighted by Crippen LogP contribution is -2.37. The summed E-state index contributed by atoms with van der Waals surface area (Å²) < 4.78 is 37.1. The fourth-order valence-electron chi connectivity index (χ4n) is 3.47. The molecular formula is C19H26N6O6S. The van der Waals surface area contributed by atoms with E-state index in [2.05, 4.69) is 4.98 Å². The number of carbonyl (C=O) groups excluding carboxylic acids is 1. The predicted octanol–water partition coefficient (Wildman–Crippen LogP) is -0.340. The fraction of sp³-hybridized carbons (Fsp3) is 0.474. The molecule has 0 atom stereocenters. The first-order chi connectivity index (χ1) is 15.0. The average Bonchev–Trinajstić information content (AvgIpc) is 3.35. The zero-order chi connectivity index (χ0) is 23.8. The van der Waals surface area contributed by atoms with Crippen molar-refractivity contribution in [1.29, 1.82) is 0 Å². The molecular weight excluding hydrogens is 440 g/mol. The molecule has 12 nitrogen and oxygen atoms in total. The van der Waals surface area contributed by atoms with Gasteiger partial charge in [0.05, 0.1) is 12.9 Å². The number of carbonyl (C=O) groups is 1. The van der Waals surface area contributed by atoms with Gasteiger partial charge in [0, 0.05) is 40.4 Å². The predicted molar refractivity (Wildman–Crippen MR) is 116 cm³/mol. The van der Waals surface area contributed by atoms with Crippen LogP contribution in [0.15, 0.2) is 33.1 Å². The smallest absolute Gasteiger partial charge is 0.355 e. The summed E-state index contributed by atoms with van der Waals surface area (Å²) in [4.78, 5) is 41.1. The Balaban J connectivity index is 1.78. The second-order valence-corrected chi connectivity index (χ2v) is 9.15. The molecule has 0 aliphatic carbocycles. The van der Waals surface area contributed by atoms with E-state index >= 15 is 0 Å². The molecule has 0 N–H and O–H groups in total. The van der Waals surface area contributed by atoms with E-state index < -0.39 is 27.2 Å². The number of ether oxygens (including phenoxy) is 1. The van der Waals surface area contributed by atoms with Crippen LogP contribution in [-0.4, -0.2) is 61.6 Å². The molecule has 0 aromatic carbocycles. The molecule has 13 heteroatoms. The van der Waals surface area contributed by atoms with Crippen molar-refractivity contribution in [3.63, 3.8) is 0 Å². The Morgan fingerprint density at radius 1 is 1.12 bits per heavy atom. The van der Waals surface area contributed by atoms with Gasteiger partial charge in [-0.3, -0.25) is 13.9 Å². The van der Waals surface area contributed by atoms with E-state index in [1.807, 2.05) is 0 Å². The number of esters is 1. The summed E-state index contributed by atoms with van der Waals surface area (Å²) in [6.07, 6.45) is 2.77. The van der Waals surface area contributed by atoms with Gasteiger partial charge < -0.3 is 13.9 Å². The Morgan fingerprint density at radius 3 is 2.41 bits per heavy atom. The molecule has 0 saturated carbocycles. The van der Waals surface area contributed by atoms with E-state index in [-0.39, 0.29) is 34.9 Å². The standard InChI is InChI=1S/C19H26N6O6S/c1-6-25(7-2)32(29,30)13-10-14(21(3)11-13)18(27)31-9-8-24-12-20-16-15(24)17(26)23(5)19(28)22(16)4/h10-12H,6-9H2,1-5H3. The molecule has 174 valence electrons. The summed E-state index contributed by atoms with van der Waals surface area (Å²) in [5.41, 5.74) is -0.446. The van der Waals surface area contributed by atoms with Crippen molar-refractivity contribution >= 4 is 27.2 Å². The second kappa shape index (κ2) is 8.74. The van der Waals surface area contributed by atoms with E-state index in [0.717, 1.165) is 4.57 Å². The van der Waals surface area contributed by atoms with E-state index in [4.69, 9.17) is 4.74 Å². The van der Waals surface area contributed by atoms with E-state index in [1.165, 1.54) is 50.7 Å². The second-order valence-electron chi connectivity index (χ2n) is 7.21. The number of imidazole rings is 1. The fourth-order valence-corrected chi connectivity index (χ4v) is 5.00. The highest BCUT2D eigenvalue weighted by molar-refractivity contribution is 7.89. The first-order valence-corrected chi connectivity index (χ1v) is 11.4. The zero-order valence-electron chi connectivity index (χ0n) is 18.6. The number of sulfonamides is 1. The highest BCUT2D eigenvalue weighted by atomic mass is 32.2. The van der Waals surface area contributed by atoms with Gasteiger partial charge in [0.15, 0.2) is 11.2 Å². The molecule has 0 unspecified atom stereocenters. The molecule has 0 amide bonds. The minimum absolute atomic E-state index is 0.0145. The molecule has 32 heavy (non-hydrogen) atoms. The lowest BCUT2D eigenvalue weighted by molar-refractivity contribution is 0.0481. The van der Waals surface area contributed by atoms with Crippen molar-refractivity contribution in [1.82, 2.24) is 27.6 Å². The summed E-state index contributed by atoms with van der Waals surface area (Å²) in [5.74, 6) is -0.696. The molecule has 0 saturated heterocycles. The molecule has 3 aromatic heterocycles. The molecule has 3 aromatic rings. The van der Waals surface area contributed by atoms with Gasteiger partial charge in [0.1, 0.15) is 17.2 Å². The summed E-state index contributed by atoms with van der Waals surface area (Å²) in [6.45, 7) is 4.16. The van der Waals surface area contributed by atoms with Crippen LogP contribution in [0.5, 0.6) is 0 Å². The minimum Gasteiger partial charge on any atom is -0.459 e. The van der Waals surface area contributed by atoms with Crippen LogP contribution in [0.2, 0.25) is 0 Å². The lowest BCUT2D eigenvalue weighted by atomic mass is 10.4. The molecule has 3 rings (SSSR count). The first kappa shape index (κ1) is 23.5. The number of nitrogens with zero attached hydrogens (tertiary/aromatic N) is 6. The third kappa shape index (κ3) is 3.88. The Bertz CT molecular complexity index is 1390. The highest BCUT2D eigenvalue weighted by Gasteiger charge is 2.26. The van der Waals surface area contributed by atoms with Crippen LogP contribution < -0.4 is 11.2 Å². The number of aromatic nitrogens is 5. The van der Waals surface area contributed by atoms with Crippen LogP contribution in [0.1, 0.15) is 24.3 Å². The van der Waals surface area contributed by atoms with E-state index in [0.29, 0.717) is 13.1 Å². The molecule has 0 radical (unpaired) electrons. The number of fused-ring (bicyclic) bond motifs is 1. The third-order valence-corrected chi connectivity index (χ3v) is 7.33. The molecule has 0 aliphatic heterocycles. The van der Waals surface area contributed by atoms with Crippen LogP contribution in [0.3, 0.4) is 0 Å². The van der Waals surface area contributed by atoms with Crippen molar-refractivity contribution in [3.05, 3.63) is 45.1 Å². The topological polar surface area (TPSA) is 130 Å². The molecule has 0 fully saturated rings. The third-order valence-electron chi connectivity index (χ3n) is 5.31. The van der Waals surface area contributed by atoms with Crippen LogP contribution >= 0.6 is 0 Å². The van der Waals surface area contributed by atoms with Gasteiger partial charge in [-0.2, -0.15) is 4.31 Å². The van der Waals surface area contributed by atoms with Crippen LogP contribution in [-0.2, 0) is 42.4 Å². The van der Waals surface area contributed by atoms with Crippen molar-refractivity contribution < 1.29 is 17.9 Å². The number of rotatable bonds is 8. The van der Waals surface area contributed by atoms with Gasteiger partial charge in [-0.05, 0) is 6.07 Å². The first-order valence-electron chi connectivity index (χ1n) is 9.99. The Labute approximate surface area is 184 Å². The maximum absolute atomic E-state index is 12.7. The SMILES string of the molecule is CCN(CC)S(=O)(=O)c1cc(C(=O)OCCn2cnc3c2c(=O)n(C)c(=O)n3C)n(C)c1. The monoisotopic (exact) mass is 466 g/mol. The Hall–Kier alpha value is -3.19. The normalized spacial score (nSPS) is 12.1. The molecule has 0 spiro atoms. The maximum Gasteiger partial charge on any atom is 0.355 e. The quantitative estimate of drug-likeness (QED) is 0.415. The van der Waals surface area contributed by atoms with Crippen molar-refractivity contribution in [2.24, 2.45) is 21.1 Å². The van der Waals surface area contributed by atoms with Crippen LogP contribution in [0.4, 0.5) is 0 Å². The van der Waals surface area contributed by atoms with E-state index in [9.17, 15) is 22.8 Å². The number of hydrogen-bond donors (Lipinski definition) is 0. The van der Waals surface area contributed by atoms with Gasteiger partial charge in [-0.1, -0.05) is 13.8 Å². The lowest BCUT2D eigenvalue weighted by Gasteiger charge is -2.17. The van der Waals surface area contributed by atoms with Crippen molar-refractivity contribution in [3.8, 4) is 0 Å². The molecule has 0 aliphatic rings. The molecule has 0 bridgehead atoms. The average molecular weight is 467 g/mol. The van der Waals surface area contributed by atoms with Crippen molar-refractivity contribution in [2.75, 3.05) is 19.7 Å². The maximum atomic E-state index is 12.7. The van der Waals surface area contributed by atoms with Crippen molar-refractivity contribution in [2.45, 2.75) is 25.3 Å². The number of hydrogen-bond acceptors (Lipinski definition) is 7. The van der Waals surface area contributed by atoms with Gasteiger partial charge in [0.2, 0.25) is 10.0 Å². The van der Waals surface area contributed by atoms with Crippen LogP contribution in [0, 0.1) is 0 Å². The largest absolute Gasteiger partial charge is 0.459 e. The van der Waals surface area contributed by atoms with Gasteiger partial charge >= 0.3 is 11.7 Å². The Morgan fingerprint density at radius 2 is 1.78 bits per heavy atom. The highest BCUT2D eigenvalue weighted by Crippen LogP contribution is 2.19. The van der Waals surface area contributed by atoms with Crippen LogP contribution in [0.25, 0.3) is 11.2 Å².